The van der Waals surface area contributed by atoms with E-state index in [-0.39, 0.29) is 24.9 Å². The summed E-state index contributed by atoms with van der Waals surface area (Å²) in [6.07, 6.45) is 0. The molecule has 2 aromatic rings. The molecule has 0 aliphatic rings. The van der Waals surface area contributed by atoms with Crippen molar-refractivity contribution in [3.05, 3.63) is 59.9 Å². The molecular formula is C21H26FN3O2. The van der Waals surface area contributed by atoms with Crippen molar-refractivity contribution in [2.75, 3.05) is 29.9 Å². The molecule has 0 atom stereocenters. The molecule has 0 saturated heterocycles. The highest BCUT2D eigenvalue weighted by Crippen LogP contribution is 2.18. The largest absolute Gasteiger partial charge is 0.372 e. The van der Waals surface area contributed by atoms with Crippen molar-refractivity contribution < 1.29 is 14.0 Å². The summed E-state index contributed by atoms with van der Waals surface area (Å²) >= 11 is 0. The van der Waals surface area contributed by atoms with Gasteiger partial charge in [-0.05, 0) is 44.2 Å². The van der Waals surface area contributed by atoms with Crippen molar-refractivity contribution in [3.63, 3.8) is 0 Å². The van der Waals surface area contributed by atoms with E-state index in [0.717, 1.165) is 18.8 Å². The maximum atomic E-state index is 13.8. The summed E-state index contributed by atoms with van der Waals surface area (Å²) in [5.41, 5.74) is 2.12. The average Bonchev–Trinajstić information content (AvgIpc) is 2.65. The Hall–Kier alpha value is -2.89. The third-order valence-corrected chi connectivity index (χ3v) is 4.38. The summed E-state index contributed by atoms with van der Waals surface area (Å²) in [6.45, 7) is 7.28. The zero-order valence-corrected chi connectivity index (χ0v) is 16.0. The molecule has 0 bridgehead atoms. The van der Waals surface area contributed by atoms with Gasteiger partial charge >= 0.3 is 0 Å². The van der Waals surface area contributed by atoms with E-state index in [2.05, 4.69) is 24.1 Å². The normalized spacial score (nSPS) is 10.4. The number of carbonyl (C=O) groups is 2. The molecule has 27 heavy (non-hydrogen) atoms. The summed E-state index contributed by atoms with van der Waals surface area (Å²) in [7, 11) is 0. The maximum absolute atomic E-state index is 13.8. The van der Waals surface area contributed by atoms with Crippen molar-refractivity contribution in [2.45, 2.75) is 27.3 Å². The van der Waals surface area contributed by atoms with Gasteiger partial charge < -0.3 is 15.1 Å². The van der Waals surface area contributed by atoms with Gasteiger partial charge in [-0.2, -0.15) is 0 Å². The first kappa shape index (κ1) is 20.4. The van der Waals surface area contributed by atoms with Crippen molar-refractivity contribution in [1.29, 1.82) is 0 Å². The summed E-state index contributed by atoms with van der Waals surface area (Å²) in [4.78, 5) is 27.7. The van der Waals surface area contributed by atoms with E-state index in [9.17, 15) is 14.0 Å². The molecule has 1 N–H and O–H groups in total. The second kappa shape index (κ2) is 9.71. The van der Waals surface area contributed by atoms with Crippen molar-refractivity contribution in [3.8, 4) is 0 Å². The molecule has 0 spiro atoms. The highest BCUT2D eigenvalue weighted by molar-refractivity contribution is 5.94. The second-order valence-electron chi connectivity index (χ2n) is 6.23. The van der Waals surface area contributed by atoms with E-state index in [4.69, 9.17) is 0 Å². The smallest absolute Gasteiger partial charge is 0.244 e. The van der Waals surface area contributed by atoms with Crippen LogP contribution in [0.1, 0.15) is 26.3 Å². The van der Waals surface area contributed by atoms with Crippen LogP contribution in [0.25, 0.3) is 0 Å². The molecule has 0 unspecified atom stereocenters. The van der Waals surface area contributed by atoms with Crippen molar-refractivity contribution in [2.24, 2.45) is 0 Å². The van der Waals surface area contributed by atoms with Crippen LogP contribution in [0.15, 0.2) is 48.5 Å². The number of hydrogen-bond donors (Lipinski definition) is 1. The van der Waals surface area contributed by atoms with Gasteiger partial charge in [0.05, 0.1) is 0 Å². The molecule has 2 amide bonds. The highest BCUT2D eigenvalue weighted by Gasteiger charge is 2.16. The minimum Gasteiger partial charge on any atom is -0.372 e. The fourth-order valence-electron chi connectivity index (χ4n) is 2.83. The fraction of sp³-hybridized carbons (Fsp3) is 0.333. The van der Waals surface area contributed by atoms with Crippen LogP contribution in [0, 0.1) is 5.82 Å². The lowest BCUT2D eigenvalue weighted by atomic mass is 10.2. The Kier molecular flexibility index (Phi) is 7.34. The molecule has 5 nitrogen and oxygen atoms in total. The number of halogens is 1. The molecule has 0 aromatic heterocycles. The molecule has 0 aliphatic carbocycles. The number of amides is 2. The quantitative estimate of drug-likeness (QED) is 0.770. The number of benzene rings is 2. The van der Waals surface area contributed by atoms with Gasteiger partial charge in [0, 0.05) is 43.5 Å². The molecule has 6 heteroatoms. The van der Waals surface area contributed by atoms with E-state index in [1.54, 1.807) is 18.2 Å². The number of rotatable bonds is 8. The number of hydrogen-bond acceptors (Lipinski definition) is 3. The molecule has 0 heterocycles. The standard InChI is InChI=1S/C21H26FN3O2/c1-4-24(5-2)19-12-10-18(11-13-19)23-21(27)15-25(16(3)26)14-17-8-6-7-9-20(17)22/h6-13H,4-5,14-15H2,1-3H3,(H,23,27). The van der Waals surface area contributed by atoms with Crippen LogP contribution in [0.4, 0.5) is 15.8 Å². The van der Waals surface area contributed by atoms with Gasteiger partial charge in [-0.25, -0.2) is 4.39 Å². The molecule has 2 aromatic carbocycles. The lowest BCUT2D eigenvalue weighted by Crippen LogP contribution is -2.36. The topological polar surface area (TPSA) is 52.7 Å². The van der Waals surface area contributed by atoms with Crippen LogP contribution in [0.5, 0.6) is 0 Å². The average molecular weight is 371 g/mol. The molecular weight excluding hydrogens is 345 g/mol. The fourth-order valence-corrected chi connectivity index (χ4v) is 2.83. The third-order valence-electron chi connectivity index (χ3n) is 4.38. The van der Waals surface area contributed by atoms with E-state index in [1.807, 2.05) is 24.3 Å². The van der Waals surface area contributed by atoms with Gasteiger partial charge in [0.15, 0.2) is 0 Å². The summed E-state index contributed by atoms with van der Waals surface area (Å²) < 4.78 is 13.8. The second-order valence-corrected chi connectivity index (χ2v) is 6.23. The Balaban J connectivity index is 1.99. The van der Waals surface area contributed by atoms with E-state index in [0.29, 0.717) is 11.3 Å². The van der Waals surface area contributed by atoms with Gasteiger partial charge in [0.1, 0.15) is 12.4 Å². The zero-order chi connectivity index (χ0) is 19.8. The first-order valence-electron chi connectivity index (χ1n) is 9.08. The van der Waals surface area contributed by atoms with Crippen LogP contribution < -0.4 is 10.2 Å². The lowest BCUT2D eigenvalue weighted by molar-refractivity contribution is -0.133. The molecule has 144 valence electrons. The van der Waals surface area contributed by atoms with Crippen LogP contribution >= 0.6 is 0 Å². The number of carbonyl (C=O) groups excluding carboxylic acids is 2. The van der Waals surface area contributed by atoms with E-state index in [1.165, 1.54) is 17.9 Å². The highest BCUT2D eigenvalue weighted by atomic mass is 19.1. The molecule has 0 aliphatic heterocycles. The molecule has 0 fully saturated rings. The van der Waals surface area contributed by atoms with Crippen LogP contribution in [0.2, 0.25) is 0 Å². The Bertz CT molecular complexity index is 773. The zero-order valence-electron chi connectivity index (χ0n) is 16.0. The predicted molar refractivity (Wildman–Crippen MR) is 106 cm³/mol. The van der Waals surface area contributed by atoms with Crippen molar-refractivity contribution >= 4 is 23.2 Å². The van der Waals surface area contributed by atoms with Gasteiger partial charge in [0.2, 0.25) is 11.8 Å². The SMILES string of the molecule is CCN(CC)c1ccc(NC(=O)CN(Cc2ccccc2F)C(C)=O)cc1. The first-order chi connectivity index (χ1) is 12.9. The monoisotopic (exact) mass is 371 g/mol. The Labute approximate surface area is 159 Å². The minimum atomic E-state index is -0.392. The number of nitrogens with zero attached hydrogens (tertiary/aromatic N) is 2. The molecule has 0 radical (unpaired) electrons. The van der Waals surface area contributed by atoms with Crippen molar-refractivity contribution in [1.82, 2.24) is 4.90 Å². The summed E-state index contributed by atoms with van der Waals surface area (Å²) in [5.74, 6) is -1.00. The van der Waals surface area contributed by atoms with Crippen LogP contribution in [-0.4, -0.2) is 36.3 Å². The maximum Gasteiger partial charge on any atom is 0.244 e. The Morgan fingerprint density at radius 1 is 1.00 bits per heavy atom. The third kappa shape index (κ3) is 5.81. The number of nitrogens with one attached hydrogen (secondary N) is 1. The minimum absolute atomic E-state index is 0.0519. The summed E-state index contributed by atoms with van der Waals surface area (Å²) in [5, 5.41) is 2.78. The van der Waals surface area contributed by atoms with Gasteiger partial charge in [-0.1, -0.05) is 18.2 Å². The summed E-state index contributed by atoms with van der Waals surface area (Å²) in [6, 6.07) is 13.8. The van der Waals surface area contributed by atoms with Gasteiger partial charge in [0.25, 0.3) is 0 Å². The van der Waals surface area contributed by atoms with E-state index >= 15 is 0 Å². The molecule has 2 rings (SSSR count). The number of anilines is 2. The van der Waals surface area contributed by atoms with E-state index < -0.39 is 5.82 Å². The first-order valence-corrected chi connectivity index (χ1v) is 9.08. The Morgan fingerprint density at radius 2 is 1.63 bits per heavy atom. The predicted octanol–water partition coefficient (Wildman–Crippen LogP) is 3.66. The Morgan fingerprint density at radius 3 is 2.19 bits per heavy atom. The van der Waals surface area contributed by atoms with Gasteiger partial charge in [-0.3, -0.25) is 9.59 Å². The molecule has 0 saturated carbocycles. The van der Waals surface area contributed by atoms with Crippen LogP contribution in [0.3, 0.4) is 0 Å². The lowest BCUT2D eigenvalue weighted by Gasteiger charge is -2.22. The van der Waals surface area contributed by atoms with Crippen LogP contribution in [-0.2, 0) is 16.1 Å². The van der Waals surface area contributed by atoms with Gasteiger partial charge in [-0.15, -0.1) is 0 Å².